The number of aryl methyl sites for hydroxylation is 2. The summed E-state index contributed by atoms with van der Waals surface area (Å²) in [5, 5.41) is 10.2. The zero-order chi connectivity index (χ0) is 28.6. The maximum atomic E-state index is 11.3. The Balaban J connectivity index is 1.27. The van der Waals surface area contributed by atoms with E-state index in [-0.39, 0.29) is 6.42 Å². The molecule has 0 saturated carbocycles. The van der Waals surface area contributed by atoms with Crippen molar-refractivity contribution in [2.75, 3.05) is 11.4 Å². The lowest BCUT2D eigenvalue weighted by molar-refractivity contribution is -0.136. The molecule has 2 aromatic heterocycles. The predicted molar refractivity (Wildman–Crippen MR) is 162 cm³/mol. The van der Waals surface area contributed by atoms with Gasteiger partial charge in [-0.1, -0.05) is 67.6 Å². The van der Waals surface area contributed by atoms with E-state index < -0.39 is 5.97 Å². The smallest absolute Gasteiger partial charge is 0.303 e. The van der Waals surface area contributed by atoms with Gasteiger partial charge in [0.15, 0.2) is 5.13 Å². The number of thiazole rings is 1. The predicted octanol–water partition coefficient (Wildman–Crippen LogP) is 7.79. The maximum absolute atomic E-state index is 11.3. The van der Waals surface area contributed by atoms with Gasteiger partial charge < -0.3 is 19.2 Å². The Hall–Kier alpha value is -4.43. The van der Waals surface area contributed by atoms with Crippen LogP contribution in [-0.4, -0.2) is 27.6 Å². The third-order valence-electron chi connectivity index (χ3n) is 6.65. The Morgan fingerprint density at radius 1 is 0.951 bits per heavy atom. The number of carboxylic acids is 1. The SMILES string of the molecule is CCCN(Cc1ccc(OCc2nc(-c3ccccc3)oc2C)cc1)c1nc(-c2ccccc2)c(CCC(=O)O)s1. The van der Waals surface area contributed by atoms with E-state index in [1.54, 1.807) is 11.3 Å². The molecule has 5 aromatic rings. The van der Waals surface area contributed by atoms with Gasteiger partial charge >= 0.3 is 5.97 Å². The first-order valence-corrected chi connectivity index (χ1v) is 14.6. The molecule has 41 heavy (non-hydrogen) atoms. The fourth-order valence-corrected chi connectivity index (χ4v) is 5.63. The monoisotopic (exact) mass is 567 g/mol. The third-order valence-corrected chi connectivity index (χ3v) is 7.82. The number of rotatable bonds is 13. The highest BCUT2D eigenvalue weighted by Gasteiger charge is 2.19. The summed E-state index contributed by atoms with van der Waals surface area (Å²) in [4.78, 5) is 24.2. The molecule has 5 rings (SSSR count). The molecule has 0 fully saturated rings. The minimum atomic E-state index is -0.804. The van der Waals surface area contributed by atoms with Crippen LogP contribution in [0.5, 0.6) is 5.75 Å². The molecular formula is C33H33N3O4S. The van der Waals surface area contributed by atoms with Crippen molar-refractivity contribution in [3.05, 3.63) is 107 Å². The number of ether oxygens (including phenoxy) is 1. The van der Waals surface area contributed by atoms with Crippen LogP contribution in [0, 0.1) is 6.92 Å². The number of carbonyl (C=O) groups is 1. The van der Waals surface area contributed by atoms with Gasteiger partial charge in [0.2, 0.25) is 5.89 Å². The molecule has 0 bridgehead atoms. The van der Waals surface area contributed by atoms with Crippen LogP contribution in [0.3, 0.4) is 0 Å². The van der Waals surface area contributed by atoms with Crippen molar-refractivity contribution in [2.45, 2.75) is 46.3 Å². The number of aliphatic carboxylic acids is 1. The van der Waals surface area contributed by atoms with Crippen molar-refractivity contribution in [2.24, 2.45) is 0 Å². The summed E-state index contributed by atoms with van der Waals surface area (Å²) in [6.07, 6.45) is 1.51. The number of carboxylic acid groups (broad SMARTS) is 1. The molecule has 3 aromatic carbocycles. The van der Waals surface area contributed by atoms with Gasteiger partial charge in [0.1, 0.15) is 23.8 Å². The molecule has 210 valence electrons. The Morgan fingerprint density at radius 3 is 2.29 bits per heavy atom. The summed E-state index contributed by atoms with van der Waals surface area (Å²) >= 11 is 1.59. The first-order valence-electron chi connectivity index (χ1n) is 13.8. The van der Waals surface area contributed by atoms with E-state index >= 15 is 0 Å². The fraction of sp³-hybridized carbons (Fsp3) is 0.242. The van der Waals surface area contributed by atoms with E-state index in [0.29, 0.717) is 25.5 Å². The normalized spacial score (nSPS) is 11.0. The van der Waals surface area contributed by atoms with Crippen molar-refractivity contribution in [1.82, 2.24) is 9.97 Å². The van der Waals surface area contributed by atoms with Gasteiger partial charge in [0.05, 0.1) is 12.1 Å². The molecule has 0 amide bonds. The summed E-state index contributed by atoms with van der Waals surface area (Å²) in [6.45, 7) is 5.91. The summed E-state index contributed by atoms with van der Waals surface area (Å²) < 4.78 is 11.9. The molecule has 0 aliphatic heterocycles. The molecule has 7 nitrogen and oxygen atoms in total. The Labute approximate surface area is 244 Å². The second kappa shape index (κ2) is 13.3. The Kier molecular flexibility index (Phi) is 9.11. The molecule has 0 radical (unpaired) electrons. The molecule has 0 aliphatic carbocycles. The van der Waals surface area contributed by atoms with Crippen molar-refractivity contribution in [3.63, 3.8) is 0 Å². The lowest BCUT2D eigenvalue weighted by atomic mass is 10.1. The van der Waals surface area contributed by atoms with E-state index in [2.05, 4.69) is 28.9 Å². The van der Waals surface area contributed by atoms with Gasteiger partial charge in [-0.05, 0) is 49.6 Å². The van der Waals surface area contributed by atoms with Crippen LogP contribution in [-0.2, 0) is 24.4 Å². The largest absolute Gasteiger partial charge is 0.487 e. The number of hydrogen-bond acceptors (Lipinski definition) is 7. The molecule has 2 heterocycles. The zero-order valence-corrected chi connectivity index (χ0v) is 24.1. The number of benzene rings is 3. The van der Waals surface area contributed by atoms with Crippen molar-refractivity contribution in [1.29, 1.82) is 0 Å². The van der Waals surface area contributed by atoms with Crippen molar-refractivity contribution < 1.29 is 19.1 Å². The second-order valence-electron chi connectivity index (χ2n) is 9.77. The number of aromatic nitrogens is 2. The van der Waals surface area contributed by atoms with Crippen LogP contribution in [0.2, 0.25) is 0 Å². The van der Waals surface area contributed by atoms with Gasteiger partial charge in [-0.3, -0.25) is 4.79 Å². The minimum Gasteiger partial charge on any atom is -0.487 e. The van der Waals surface area contributed by atoms with Crippen LogP contribution in [0.1, 0.15) is 41.7 Å². The molecular weight excluding hydrogens is 534 g/mol. The molecule has 0 atom stereocenters. The molecule has 8 heteroatoms. The number of nitrogens with zero attached hydrogens (tertiary/aromatic N) is 3. The zero-order valence-electron chi connectivity index (χ0n) is 23.2. The van der Waals surface area contributed by atoms with Crippen LogP contribution < -0.4 is 9.64 Å². The van der Waals surface area contributed by atoms with E-state index in [1.807, 2.05) is 79.7 Å². The highest BCUT2D eigenvalue weighted by molar-refractivity contribution is 7.16. The highest BCUT2D eigenvalue weighted by atomic mass is 32.1. The minimum absolute atomic E-state index is 0.0815. The topological polar surface area (TPSA) is 88.7 Å². The lowest BCUT2D eigenvalue weighted by Gasteiger charge is -2.21. The van der Waals surface area contributed by atoms with E-state index in [1.165, 1.54) is 0 Å². The van der Waals surface area contributed by atoms with E-state index in [0.717, 1.165) is 62.6 Å². The van der Waals surface area contributed by atoms with Gasteiger partial charge in [-0.15, -0.1) is 11.3 Å². The van der Waals surface area contributed by atoms with Gasteiger partial charge in [-0.2, -0.15) is 0 Å². The molecule has 0 aliphatic rings. The quantitative estimate of drug-likeness (QED) is 0.155. The van der Waals surface area contributed by atoms with Crippen molar-refractivity contribution >= 4 is 22.4 Å². The fourth-order valence-electron chi connectivity index (χ4n) is 4.53. The first-order chi connectivity index (χ1) is 20.0. The molecule has 0 spiro atoms. The summed E-state index contributed by atoms with van der Waals surface area (Å²) in [7, 11) is 0. The summed E-state index contributed by atoms with van der Waals surface area (Å²) in [5.41, 5.74) is 4.73. The second-order valence-corrected chi connectivity index (χ2v) is 10.8. The van der Waals surface area contributed by atoms with Crippen molar-refractivity contribution in [3.8, 4) is 28.5 Å². The van der Waals surface area contributed by atoms with Crippen LogP contribution in [0.25, 0.3) is 22.7 Å². The maximum Gasteiger partial charge on any atom is 0.303 e. The van der Waals surface area contributed by atoms with E-state index in [4.69, 9.17) is 14.1 Å². The van der Waals surface area contributed by atoms with Crippen LogP contribution in [0.15, 0.2) is 89.3 Å². The highest BCUT2D eigenvalue weighted by Crippen LogP contribution is 2.35. The standard InChI is InChI=1S/C33H33N3O4S/c1-3-20-36(33-35-31(25-10-6-4-7-11-25)29(41-33)18-19-30(37)38)21-24-14-16-27(17-15-24)39-22-28-23(2)40-32(34-28)26-12-8-5-9-13-26/h4-17H,3,18-22H2,1-2H3,(H,37,38). The molecule has 0 saturated heterocycles. The summed E-state index contributed by atoms with van der Waals surface area (Å²) in [5.74, 6) is 1.30. The van der Waals surface area contributed by atoms with Crippen LogP contribution >= 0.6 is 11.3 Å². The van der Waals surface area contributed by atoms with Gasteiger partial charge in [0, 0.05) is 29.1 Å². The first kappa shape index (κ1) is 28.1. The Morgan fingerprint density at radius 2 is 1.63 bits per heavy atom. The van der Waals surface area contributed by atoms with E-state index in [9.17, 15) is 9.90 Å². The average molecular weight is 568 g/mol. The molecule has 0 unspecified atom stereocenters. The average Bonchev–Trinajstić information content (AvgIpc) is 3.60. The van der Waals surface area contributed by atoms with Gasteiger partial charge in [-0.25, -0.2) is 9.97 Å². The van der Waals surface area contributed by atoms with Crippen LogP contribution in [0.4, 0.5) is 5.13 Å². The lowest BCUT2D eigenvalue weighted by Crippen LogP contribution is -2.23. The number of oxazole rings is 1. The van der Waals surface area contributed by atoms with Gasteiger partial charge in [0.25, 0.3) is 0 Å². The number of hydrogen-bond donors (Lipinski definition) is 1. The number of anilines is 1. The summed E-state index contributed by atoms with van der Waals surface area (Å²) in [6, 6.07) is 27.9. The third kappa shape index (κ3) is 7.21. The molecule has 1 N–H and O–H groups in total. The Bertz CT molecular complexity index is 1560.